The summed E-state index contributed by atoms with van der Waals surface area (Å²) in [5.41, 5.74) is 11.9. The summed E-state index contributed by atoms with van der Waals surface area (Å²) in [7, 11) is 0. The number of aromatic nitrogens is 2. The van der Waals surface area contributed by atoms with Gasteiger partial charge in [0.15, 0.2) is 0 Å². The third-order valence-electron chi connectivity index (χ3n) is 4.69. The van der Waals surface area contributed by atoms with E-state index in [0.717, 1.165) is 12.8 Å². The number of aliphatic carboxylic acids is 1. The van der Waals surface area contributed by atoms with Crippen LogP contribution in [0.1, 0.15) is 45.2 Å². The molecule has 0 radical (unpaired) electrons. The lowest BCUT2D eigenvalue weighted by molar-refractivity contribution is -0.142. The Labute approximate surface area is 164 Å². The number of hydrogen-bond donors (Lipinski definition) is 6. The van der Waals surface area contributed by atoms with E-state index in [0.29, 0.717) is 25.1 Å². The molecule has 28 heavy (non-hydrogen) atoms. The fraction of sp³-hybridized carbons (Fsp3) is 0.667. The molecule has 0 aliphatic heterocycles. The molecule has 0 aliphatic rings. The van der Waals surface area contributed by atoms with Gasteiger partial charge in [-0.25, -0.2) is 9.78 Å². The van der Waals surface area contributed by atoms with Crippen LogP contribution in [-0.4, -0.2) is 57.5 Å². The Morgan fingerprint density at radius 1 is 1.25 bits per heavy atom. The first-order chi connectivity index (χ1) is 13.3. The molecule has 10 heteroatoms. The van der Waals surface area contributed by atoms with Crippen molar-refractivity contribution in [3.8, 4) is 0 Å². The van der Waals surface area contributed by atoms with Gasteiger partial charge in [-0.15, -0.1) is 0 Å². The SMILES string of the molecule is CC[C@H](C)[C@H](NC(=O)[C@@H](N)CCCCN)C(=O)N[C@@H](Cc1cnc[nH]1)C(=O)O. The molecular formula is C18H32N6O4. The minimum absolute atomic E-state index is 0.0564. The predicted octanol–water partition coefficient (Wildman–Crippen LogP) is -0.491. The zero-order valence-electron chi connectivity index (χ0n) is 16.5. The highest BCUT2D eigenvalue weighted by atomic mass is 16.4. The Morgan fingerprint density at radius 3 is 2.50 bits per heavy atom. The van der Waals surface area contributed by atoms with Crippen molar-refractivity contribution in [3.63, 3.8) is 0 Å². The van der Waals surface area contributed by atoms with E-state index < -0.39 is 35.9 Å². The number of unbranched alkanes of at least 4 members (excludes halogenated alkanes) is 1. The quantitative estimate of drug-likeness (QED) is 0.244. The van der Waals surface area contributed by atoms with Gasteiger partial charge in [-0.3, -0.25) is 9.59 Å². The minimum atomic E-state index is -1.17. The summed E-state index contributed by atoms with van der Waals surface area (Å²) in [6.07, 6.45) is 5.57. The third kappa shape index (κ3) is 7.65. The monoisotopic (exact) mass is 396 g/mol. The smallest absolute Gasteiger partial charge is 0.326 e. The van der Waals surface area contributed by atoms with Gasteiger partial charge in [-0.1, -0.05) is 26.7 Å². The van der Waals surface area contributed by atoms with E-state index >= 15 is 0 Å². The van der Waals surface area contributed by atoms with E-state index in [-0.39, 0.29) is 12.3 Å². The molecule has 158 valence electrons. The molecule has 8 N–H and O–H groups in total. The van der Waals surface area contributed by atoms with Crippen molar-refractivity contribution in [3.05, 3.63) is 18.2 Å². The molecule has 1 rings (SSSR count). The number of imidazole rings is 1. The van der Waals surface area contributed by atoms with Gasteiger partial charge >= 0.3 is 5.97 Å². The van der Waals surface area contributed by atoms with Crippen LogP contribution in [0.15, 0.2) is 12.5 Å². The van der Waals surface area contributed by atoms with Gasteiger partial charge in [-0.05, 0) is 25.3 Å². The molecule has 1 heterocycles. The average molecular weight is 396 g/mol. The van der Waals surface area contributed by atoms with Gasteiger partial charge in [0.1, 0.15) is 12.1 Å². The Morgan fingerprint density at radius 2 is 1.96 bits per heavy atom. The number of H-pyrrole nitrogens is 1. The van der Waals surface area contributed by atoms with Gasteiger partial charge < -0.3 is 32.2 Å². The van der Waals surface area contributed by atoms with Crippen molar-refractivity contribution < 1.29 is 19.5 Å². The maximum absolute atomic E-state index is 12.7. The lowest BCUT2D eigenvalue weighted by Crippen LogP contribution is -2.57. The van der Waals surface area contributed by atoms with Crippen molar-refractivity contribution >= 4 is 17.8 Å². The van der Waals surface area contributed by atoms with Crippen LogP contribution in [-0.2, 0) is 20.8 Å². The molecule has 0 spiro atoms. The van der Waals surface area contributed by atoms with E-state index in [1.54, 1.807) is 0 Å². The van der Waals surface area contributed by atoms with Crippen LogP contribution in [0.5, 0.6) is 0 Å². The fourth-order valence-corrected chi connectivity index (χ4v) is 2.68. The number of amides is 2. The Kier molecular flexibility index (Phi) is 10.2. The molecule has 1 aromatic heterocycles. The standard InChI is InChI=1S/C18H32N6O4/c1-3-11(2)15(24-16(25)13(20)6-4-5-7-19)17(26)23-14(18(27)28)8-12-9-21-10-22-12/h9-11,13-15H,3-8,19-20H2,1-2H3,(H,21,22)(H,23,26)(H,24,25)(H,27,28)/t11-,13-,14-,15-/m0/s1. The third-order valence-corrected chi connectivity index (χ3v) is 4.69. The molecule has 0 fully saturated rings. The highest BCUT2D eigenvalue weighted by Gasteiger charge is 2.31. The van der Waals surface area contributed by atoms with Crippen LogP contribution < -0.4 is 22.1 Å². The Balaban J connectivity index is 2.77. The summed E-state index contributed by atoms with van der Waals surface area (Å²) in [6.45, 7) is 4.23. The first-order valence-corrected chi connectivity index (χ1v) is 9.56. The summed E-state index contributed by atoms with van der Waals surface area (Å²) in [5, 5.41) is 14.6. The van der Waals surface area contributed by atoms with Crippen molar-refractivity contribution in [2.24, 2.45) is 17.4 Å². The van der Waals surface area contributed by atoms with Gasteiger partial charge in [-0.2, -0.15) is 0 Å². The van der Waals surface area contributed by atoms with E-state index in [1.165, 1.54) is 12.5 Å². The Bertz CT molecular complexity index is 622. The van der Waals surface area contributed by atoms with Crippen LogP contribution in [0.3, 0.4) is 0 Å². The highest BCUT2D eigenvalue weighted by molar-refractivity contribution is 5.92. The summed E-state index contributed by atoms with van der Waals surface area (Å²) in [5.74, 6) is -2.35. The van der Waals surface area contributed by atoms with Crippen LogP contribution in [0.25, 0.3) is 0 Å². The number of carbonyl (C=O) groups excluding carboxylic acids is 2. The topological polar surface area (TPSA) is 176 Å². The molecule has 0 aliphatic carbocycles. The Hall–Kier alpha value is -2.46. The fourth-order valence-electron chi connectivity index (χ4n) is 2.68. The van der Waals surface area contributed by atoms with Gasteiger partial charge in [0, 0.05) is 18.3 Å². The molecule has 4 atom stereocenters. The largest absolute Gasteiger partial charge is 0.480 e. The molecule has 0 saturated carbocycles. The predicted molar refractivity (Wildman–Crippen MR) is 104 cm³/mol. The van der Waals surface area contributed by atoms with Crippen LogP contribution in [0, 0.1) is 5.92 Å². The number of carboxylic acid groups (broad SMARTS) is 1. The number of hydrogen-bond acceptors (Lipinski definition) is 6. The van der Waals surface area contributed by atoms with Gasteiger partial charge in [0.05, 0.1) is 12.4 Å². The van der Waals surface area contributed by atoms with E-state index in [2.05, 4.69) is 20.6 Å². The second-order valence-electron chi connectivity index (χ2n) is 6.94. The molecule has 0 unspecified atom stereocenters. The summed E-state index contributed by atoms with van der Waals surface area (Å²) in [6, 6.07) is -2.76. The van der Waals surface area contributed by atoms with Crippen LogP contribution in [0.2, 0.25) is 0 Å². The van der Waals surface area contributed by atoms with Crippen molar-refractivity contribution in [2.45, 2.75) is 64.1 Å². The molecular weight excluding hydrogens is 364 g/mol. The first-order valence-electron chi connectivity index (χ1n) is 9.56. The summed E-state index contributed by atoms with van der Waals surface area (Å²) in [4.78, 5) is 43.3. The number of nitrogens with one attached hydrogen (secondary N) is 3. The second kappa shape index (κ2) is 12.1. The van der Waals surface area contributed by atoms with Crippen molar-refractivity contribution in [1.29, 1.82) is 0 Å². The first kappa shape index (κ1) is 23.6. The molecule has 0 aromatic carbocycles. The number of aromatic amines is 1. The molecule has 10 nitrogen and oxygen atoms in total. The van der Waals surface area contributed by atoms with Gasteiger partial charge in [0.25, 0.3) is 0 Å². The zero-order chi connectivity index (χ0) is 21.1. The normalized spacial score (nSPS) is 15.3. The zero-order valence-corrected chi connectivity index (χ0v) is 16.5. The summed E-state index contributed by atoms with van der Waals surface area (Å²) >= 11 is 0. The number of nitrogens with two attached hydrogens (primary N) is 2. The lowest BCUT2D eigenvalue weighted by atomic mass is 9.97. The maximum atomic E-state index is 12.7. The van der Waals surface area contributed by atoms with E-state index in [9.17, 15) is 19.5 Å². The van der Waals surface area contributed by atoms with Crippen LogP contribution in [0.4, 0.5) is 0 Å². The molecule has 1 aromatic rings. The second-order valence-corrected chi connectivity index (χ2v) is 6.94. The van der Waals surface area contributed by atoms with Crippen molar-refractivity contribution in [1.82, 2.24) is 20.6 Å². The average Bonchev–Trinajstić information content (AvgIpc) is 3.17. The summed E-state index contributed by atoms with van der Waals surface area (Å²) < 4.78 is 0. The molecule has 0 bridgehead atoms. The number of rotatable bonds is 13. The van der Waals surface area contributed by atoms with Gasteiger partial charge in [0.2, 0.25) is 11.8 Å². The van der Waals surface area contributed by atoms with E-state index in [4.69, 9.17) is 11.5 Å². The molecule has 0 saturated heterocycles. The number of nitrogens with zero attached hydrogens (tertiary/aromatic N) is 1. The highest BCUT2D eigenvalue weighted by Crippen LogP contribution is 2.10. The lowest BCUT2D eigenvalue weighted by Gasteiger charge is -2.26. The van der Waals surface area contributed by atoms with E-state index in [1.807, 2.05) is 13.8 Å². The van der Waals surface area contributed by atoms with Crippen molar-refractivity contribution in [2.75, 3.05) is 6.54 Å². The molecule has 2 amide bonds. The number of carbonyl (C=O) groups is 3. The maximum Gasteiger partial charge on any atom is 0.326 e. The number of carboxylic acids is 1. The van der Waals surface area contributed by atoms with Crippen LogP contribution >= 0.6 is 0 Å². The minimum Gasteiger partial charge on any atom is -0.480 e.